The van der Waals surface area contributed by atoms with E-state index in [0.717, 1.165) is 57.8 Å². The number of benzene rings is 1. The van der Waals surface area contributed by atoms with Gasteiger partial charge in [0.05, 0.1) is 10.9 Å². The Bertz CT molecular complexity index is 1400. The summed E-state index contributed by atoms with van der Waals surface area (Å²) >= 11 is 0. The van der Waals surface area contributed by atoms with Gasteiger partial charge in [-0.1, -0.05) is 78.2 Å². The molecule has 6 nitrogen and oxygen atoms in total. The molecular formula is C36H50N4O2. The predicted octanol–water partition coefficient (Wildman–Crippen LogP) is 10.1. The summed E-state index contributed by atoms with van der Waals surface area (Å²) in [5.41, 5.74) is 6.80. The zero-order valence-electron chi connectivity index (χ0n) is 26.7. The van der Waals surface area contributed by atoms with Gasteiger partial charge in [-0.3, -0.25) is 0 Å². The Hall–Kier alpha value is -3.25. The molecule has 0 N–H and O–H groups in total. The Morgan fingerprint density at radius 2 is 1.43 bits per heavy atom. The van der Waals surface area contributed by atoms with Crippen LogP contribution in [0, 0.1) is 26.2 Å². The zero-order chi connectivity index (χ0) is 30.0. The highest BCUT2D eigenvalue weighted by atomic mass is 16.5. The van der Waals surface area contributed by atoms with Gasteiger partial charge in [0.25, 0.3) is 0 Å². The number of unbranched alkanes of at least 4 members (excludes halogenated alkanes) is 8. The van der Waals surface area contributed by atoms with E-state index < -0.39 is 0 Å². The third-order valence-electron chi connectivity index (χ3n) is 8.02. The number of hydrogen-bond donors (Lipinski definition) is 0. The highest BCUT2D eigenvalue weighted by Gasteiger charge is 2.13. The van der Waals surface area contributed by atoms with Gasteiger partial charge in [-0.05, 0) is 74.4 Å². The number of ether oxygens (including phenoxy) is 2. The molecule has 0 spiro atoms. The Balaban J connectivity index is 1.20. The first kappa shape index (κ1) is 31.7. The summed E-state index contributed by atoms with van der Waals surface area (Å²) in [7, 11) is 0. The van der Waals surface area contributed by atoms with Gasteiger partial charge < -0.3 is 14.0 Å². The second kappa shape index (κ2) is 15.3. The fourth-order valence-corrected chi connectivity index (χ4v) is 5.62. The molecule has 4 rings (SSSR count). The standard InChI is InChI=1S/C36H50N4O2/c1-27-24-30(16-17-31(27)34-28(2)38-25-39-29(34)3)42-35-32-19-22-40(33(32)18-21-37-35)26-41-23-15-13-11-9-7-8-10-12-14-20-36(4,5)6/h16-19,21-22,24-25H,7-15,20,23,26H2,1-6H3. The summed E-state index contributed by atoms with van der Waals surface area (Å²) in [6, 6.07) is 10.2. The SMILES string of the molecule is Cc1cc(Oc2nccc3c2ccn3COCCCCCCCCCCCC(C)(C)C)ccc1-c1c(C)ncnc1C. The number of rotatable bonds is 16. The van der Waals surface area contributed by atoms with Crippen molar-refractivity contribution in [2.45, 2.75) is 112 Å². The number of hydrogen-bond acceptors (Lipinski definition) is 5. The number of pyridine rings is 1. The number of fused-ring (bicyclic) bond motifs is 1. The molecule has 0 fully saturated rings. The third kappa shape index (κ3) is 9.12. The van der Waals surface area contributed by atoms with Gasteiger partial charge in [0, 0.05) is 36.0 Å². The first-order valence-electron chi connectivity index (χ1n) is 15.8. The Morgan fingerprint density at radius 1 is 0.762 bits per heavy atom. The molecule has 0 saturated carbocycles. The van der Waals surface area contributed by atoms with Crippen LogP contribution < -0.4 is 4.74 Å². The summed E-state index contributed by atoms with van der Waals surface area (Å²) in [5, 5.41) is 0.976. The van der Waals surface area contributed by atoms with Gasteiger partial charge in [0.15, 0.2) is 0 Å². The molecule has 0 saturated heterocycles. The first-order valence-corrected chi connectivity index (χ1v) is 15.8. The second-order valence-electron chi connectivity index (χ2n) is 12.9. The molecule has 0 amide bonds. The molecule has 42 heavy (non-hydrogen) atoms. The van der Waals surface area contributed by atoms with Gasteiger partial charge in [-0.15, -0.1) is 0 Å². The lowest BCUT2D eigenvalue weighted by Crippen LogP contribution is -2.03. The van der Waals surface area contributed by atoms with Gasteiger partial charge in [-0.25, -0.2) is 15.0 Å². The molecule has 1 aromatic carbocycles. The van der Waals surface area contributed by atoms with E-state index in [4.69, 9.17) is 9.47 Å². The quantitative estimate of drug-likeness (QED) is 0.125. The molecule has 3 heterocycles. The maximum Gasteiger partial charge on any atom is 0.228 e. The van der Waals surface area contributed by atoms with Crippen molar-refractivity contribution in [3.8, 4) is 22.8 Å². The summed E-state index contributed by atoms with van der Waals surface area (Å²) < 4.78 is 14.4. The molecule has 0 aliphatic heterocycles. The minimum Gasteiger partial charge on any atom is -0.438 e. The second-order valence-corrected chi connectivity index (χ2v) is 12.9. The van der Waals surface area contributed by atoms with Crippen molar-refractivity contribution in [1.29, 1.82) is 0 Å². The highest BCUT2D eigenvalue weighted by molar-refractivity contribution is 5.85. The van der Waals surface area contributed by atoms with E-state index in [1.165, 1.54) is 57.8 Å². The number of aryl methyl sites for hydroxylation is 3. The lowest BCUT2D eigenvalue weighted by Gasteiger charge is -2.17. The van der Waals surface area contributed by atoms with Gasteiger partial charge in [-0.2, -0.15) is 0 Å². The van der Waals surface area contributed by atoms with Crippen molar-refractivity contribution in [2.75, 3.05) is 6.61 Å². The minimum atomic E-state index is 0.483. The summed E-state index contributed by atoms with van der Waals surface area (Å²) in [6.07, 6.45) is 18.7. The van der Waals surface area contributed by atoms with E-state index in [1.807, 2.05) is 26.0 Å². The van der Waals surface area contributed by atoms with Crippen LogP contribution in [-0.2, 0) is 11.5 Å². The van der Waals surface area contributed by atoms with E-state index >= 15 is 0 Å². The molecule has 0 unspecified atom stereocenters. The number of aromatic nitrogens is 4. The van der Waals surface area contributed by atoms with E-state index in [1.54, 1.807) is 12.5 Å². The molecule has 6 heteroatoms. The predicted molar refractivity (Wildman–Crippen MR) is 173 cm³/mol. The molecule has 0 atom stereocenters. The van der Waals surface area contributed by atoms with E-state index in [9.17, 15) is 0 Å². The molecule has 0 aliphatic carbocycles. The monoisotopic (exact) mass is 570 g/mol. The normalized spacial score (nSPS) is 11.9. The lowest BCUT2D eigenvalue weighted by atomic mass is 9.89. The first-order chi connectivity index (χ1) is 20.2. The lowest BCUT2D eigenvalue weighted by molar-refractivity contribution is 0.0766. The Kier molecular flexibility index (Phi) is 11.5. The summed E-state index contributed by atoms with van der Waals surface area (Å²) in [5.74, 6) is 1.36. The fraction of sp³-hybridized carbons (Fsp3) is 0.528. The highest BCUT2D eigenvalue weighted by Crippen LogP contribution is 2.33. The van der Waals surface area contributed by atoms with Crippen molar-refractivity contribution in [3.05, 3.63) is 66.0 Å². The summed E-state index contributed by atoms with van der Waals surface area (Å²) in [4.78, 5) is 13.3. The molecule has 0 bridgehead atoms. The molecule has 0 aliphatic rings. The minimum absolute atomic E-state index is 0.483. The van der Waals surface area contributed by atoms with Crippen LogP contribution >= 0.6 is 0 Å². The van der Waals surface area contributed by atoms with Gasteiger partial charge in [0.2, 0.25) is 5.88 Å². The van der Waals surface area contributed by atoms with Crippen LogP contribution in [0.3, 0.4) is 0 Å². The molecule has 0 radical (unpaired) electrons. The molecule has 226 valence electrons. The van der Waals surface area contributed by atoms with Crippen molar-refractivity contribution < 1.29 is 9.47 Å². The maximum atomic E-state index is 6.27. The smallest absolute Gasteiger partial charge is 0.228 e. The van der Waals surface area contributed by atoms with E-state index in [0.29, 0.717) is 18.0 Å². The van der Waals surface area contributed by atoms with Crippen LogP contribution in [0.15, 0.2) is 49.1 Å². The molecular weight excluding hydrogens is 520 g/mol. The van der Waals surface area contributed by atoms with Crippen LogP contribution in [0.2, 0.25) is 0 Å². The van der Waals surface area contributed by atoms with Crippen LogP contribution in [0.25, 0.3) is 22.0 Å². The molecule has 4 aromatic rings. The average molecular weight is 571 g/mol. The largest absolute Gasteiger partial charge is 0.438 e. The Labute approximate surface area is 252 Å². The van der Waals surface area contributed by atoms with Gasteiger partial charge >= 0.3 is 0 Å². The van der Waals surface area contributed by atoms with Crippen LogP contribution in [0.4, 0.5) is 0 Å². The average Bonchev–Trinajstić information content (AvgIpc) is 3.35. The van der Waals surface area contributed by atoms with Crippen molar-refractivity contribution in [1.82, 2.24) is 19.5 Å². The Morgan fingerprint density at radius 3 is 2.10 bits per heavy atom. The van der Waals surface area contributed by atoms with Crippen molar-refractivity contribution in [3.63, 3.8) is 0 Å². The van der Waals surface area contributed by atoms with Gasteiger partial charge in [0.1, 0.15) is 18.8 Å². The van der Waals surface area contributed by atoms with E-state index in [-0.39, 0.29) is 0 Å². The van der Waals surface area contributed by atoms with Crippen molar-refractivity contribution in [2.24, 2.45) is 5.41 Å². The zero-order valence-corrected chi connectivity index (χ0v) is 26.7. The fourth-order valence-electron chi connectivity index (χ4n) is 5.62. The maximum absolute atomic E-state index is 6.27. The summed E-state index contributed by atoms with van der Waals surface area (Å²) in [6.45, 7) is 14.5. The van der Waals surface area contributed by atoms with Crippen LogP contribution in [0.1, 0.15) is 102 Å². The van der Waals surface area contributed by atoms with Crippen molar-refractivity contribution >= 4 is 10.9 Å². The van der Waals surface area contributed by atoms with Crippen LogP contribution in [0.5, 0.6) is 11.6 Å². The topological polar surface area (TPSA) is 62.1 Å². The van der Waals surface area contributed by atoms with Crippen LogP contribution in [-0.4, -0.2) is 26.1 Å². The third-order valence-corrected chi connectivity index (χ3v) is 8.02. The number of nitrogens with zero attached hydrogens (tertiary/aromatic N) is 4. The van der Waals surface area contributed by atoms with E-state index in [2.05, 4.69) is 71.6 Å². The molecule has 3 aromatic heterocycles.